The maximum Gasteiger partial charge on any atom is 0.0629 e. The van der Waals surface area contributed by atoms with Gasteiger partial charge in [-0.25, -0.2) is 0 Å². The number of fused-ring (bicyclic) bond motifs is 1. The summed E-state index contributed by atoms with van der Waals surface area (Å²) in [7, 11) is 0. The molecule has 5 rings (SSSR count). The first-order chi connectivity index (χ1) is 17.3. The number of hydrogen-bond donors (Lipinski definition) is 1. The molecule has 0 aliphatic rings. The SMILES string of the molecule is [2H]c1c([2H])c([2H])c2c(-c3cccc(Nc4cccc(-c5ccccc5)c4)c3)c([2H])c([2H])c([2H])c2c1[2H]. The summed E-state index contributed by atoms with van der Waals surface area (Å²) in [6, 6.07) is 22.5. The topological polar surface area (TPSA) is 12.0 Å². The second-order valence-electron chi connectivity index (χ2n) is 6.65. The van der Waals surface area contributed by atoms with E-state index >= 15 is 0 Å². The van der Waals surface area contributed by atoms with Gasteiger partial charge in [-0.05, 0) is 57.3 Å². The highest BCUT2D eigenvalue weighted by Gasteiger charge is 2.05. The van der Waals surface area contributed by atoms with Crippen LogP contribution in [0.3, 0.4) is 0 Å². The molecule has 0 aliphatic carbocycles. The summed E-state index contributed by atoms with van der Waals surface area (Å²) in [5, 5.41) is 3.40. The first kappa shape index (κ1) is 11.2. The smallest absolute Gasteiger partial charge is 0.0629 e. The van der Waals surface area contributed by atoms with Crippen LogP contribution in [-0.2, 0) is 0 Å². The molecule has 0 saturated carbocycles. The Morgan fingerprint density at radius 1 is 0.552 bits per heavy atom. The molecule has 0 aliphatic heterocycles. The Morgan fingerprint density at radius 2 is 1.21 bits per heavy atom. The molecule has 1 heteroatoms. The van der Waals surface area contributed by atoms with E-state index in [1.165, 1.54) is 0 Å². The van der Waals surface area contributed by atoms with E-state index in [1.807, 2.05) is 60.7 Å². The molecule has 5 aromatic carbocycles. The Hall–Kier alpha value is -3.84. The predicted octanol–water partition coefficient (Wildman–Crippen LogP) is 7.92. The summed E-state index contributed by atoms with van der Waals surface area (Å²) in [5.74, 6) is 0. The molecule has 0 amide bonds. The maximum absolute atomic E-state index is 8.58. The quantitative estimate of drug-likeness (QED) is 0.335. The number of nitrogens with one attached hydrogen (secondary N) is 1. The summed E-state index contributed by atoms with van der Waals surface area (Å²) in [6.07, 6.45) is 0. The molecule has 1 nitrogen and oxygen atoms in total. The van der Waals surface area contributed by atoms with Crippen molar-refractivity contribution in [2.45, 2.75) is 0 Å². The van der Waals surface area contributed by atoms with Gasteiger partial charge in [-0.15, -0.1) is 0 Å². The van der Waals surface area contributed by atoms with Crippen LogP contribution in [-0.4, -0.2) is 0 Å². The van der Waals surface area contributed by atoms with E-state index < -0.39 is 12.1 Å². The molecule has 0 heterocycles. The molecule has 0 spiro atoms. The van der Waals surface area contributed by atoms with E-state index in [0.717, 1.165) is 16.8 Å². The van der Waals surface area contributed by atoms with Gasteiger partial charge in [0, 0.05) is 11.4 Å². The average Bonchev–Trinajstić information content (AvgIpc) is 2.90. The average molecular weight is 379 g/mol. The lowest BCUT2D eigenvalue weighted by molar-refractivity contribution is 1.53. The fourth-order valence-corrected chi connectivity index (χ4v) is 3.36. The minimum atomic E-state index is -0.460. The standard InChI is InChI=1S/C28H21N/c1-2-9-21(10-3-1)23-13-6-15-25(19-23)29-26-16-7-14-24(20-26)28-18-8-12-22-11-4-5-17-27(22)28/h1-20,29H/i4D,5D,8D,11D,12D,17D,18D. The van der Waals surface area contributed by atoms with Crippen LogP contribution >= 0.6 is 0 Å². The zero-order valence-electron chi connectivity index (χ0n) is 22.5. The van der Waals surface area contributed by atoms with E-state index in [2.05, 4.69) is 5.32 Å². The van der Waals surface area contributed by atoms with Crippen LogP contribution < -0.4 is 5.32 Å². The van der Waals surface area contributed by atoms with Crippen molar-refractivity contribution in [3.05, 3.63) is 121 Å². The molecule has 0 atom stereocenters. The fraction of sp³-hybridized carbons (Fsp3) is 0. The van der Waals surface area contributed by atoms with Crippen molar-refractivity contribution in [3.8, 4) is 22.3 Å². The van der Waals surface area contributed by atoms with Gasteiger partial charge in [-0.1, -0.05) is 96.9 Å². The van der Waals surface area contributed by atoms with Gasteiger partial charge in [0.2, 0.25) is 0 Å². The largest absolute Gasteiger partial charge is 0.355 e. The molecule has 0 fully saturated rings. The van der Waals surface area contributed by atoms with Gasteiger partial charge >= 0.3 is 0 Å². The summed E-state index contributed by atoms with van der Waals surface area (Å²) in [4.78, 5) is 0. The molecule has 0 unspecified atom stereocenters. The molecule has 29 heavy (non-hydrogen) atoms. The van der Waals surface area contributed by atoms with Crippen molar-refractivity contribution in [3.63, 3.8) is 0 Å². The minimum absolute atomic E-state index is 0.0501. The fourth-order valence-electron chi connectivity index (χ4n) is 3.36. The summed E-state index contributed by atoms with van der Waals surface area (Å²) >= 11 is 0. The van der Waals surface area contributed by atoms with Crippen LogP contribution in [0.5, 0.6) is 0 Å². The zero-order valence-corrected chi connectivity index (χ0v) is 15.5. The molecule has 5 aromatic rings. The highest BCUT2D eigenvalue weighted by Crippen LogP contribution is 2.31. The van der Waals surface area contributed by atoms with E-state index in [0.29, 0.717) is 11.3 Å². The van der Waals surface area contributed by atoms with Gasteiger partial charge in [-0.3, -0.25) is 0 Å². The van der Waals surface area contributed by atoms with Crippen molar-refractivity contribution in [1.82, 2.24) is 0 Å². The lowest BCUT2D eigenvalue weighted by Gasteiger charge is -2.12. The first-order valence-electron chi connectivity index (χ1n) is 12.8. The van der Waals surface area contributed by atoms with Gasteiger partial charge < -0.3 is 5.32 Å². The Morgan fingerprint density at radius 3 is 2.03 bits per heavy atom. The van der Waals surface area contributed by atoms with Crippen LogP contribution in [0.1, 0.15) is 9.60 Å². The van der Waals surface area contributed by atoms with Crippen LogP contribution in [0.25, 0.3) is 33.0 Å². The first-order valence-corrected chi connectivity index (χ1v) is 9.30. The van der Waals surface area contributed by atoms with Crippen LogP contribution in [0.2, 0.25) is 0 Å². The third-order valence-corrected chi connectivity index (χ3v) is 4.72. The molecule has 0 bridgehead atoms. The summed E-state index contributed by atoms with van der Waals surface area (Å²) in [6.45, 7) is 0. The predicted molar refractivity (Wildman–Crippen MR) is 125 cm³/mol. The summed E-state index contributed by atoms with van der Waals surface area (Å²) in [5.41, 5.74) is 4.44. The molecular formula is C28H21N. The highest BCUT2D eigenvalue weighted by molar-refractivity contribution is 5.97. The number of hydrogen-bond acceptors (Lipinski definition) is 1. The lowest BCUT2D eigenvalue weighted by Crippen LogP contribution is -1.91. The van der Waals surface area contributed by atoms with Gasteiger partial charge in [-0.2, -0.15) is 0 Å². The molecule has 0 saturated heterocycles. The summed E-state index contributed by atoms with van der Waals surface area (Å²) < 4.78 is 58.1. The van der Waals surface area contributed by atoms with Gasteiger partial charge in [0.1, 0.15) is 0 Å². The number of benzene rings is 5. The molecular weight excluding hydrogens is 350 g/mol. The van der Waals surface area contributed by atoms with Crippen molar-refractivity contribution in [2.75, 3.05) is 5.32 Å². The lowest BCUT2D eigenvalue weighted by atomic mass is 9.98. The van der Waals surface area contributed by atoms with Crippen molar-refractivity contribution >= 4 is 22.1 Å². The molecule has 138 valence electrons. The van der Waals surface area contributed by atoms with Gasteiger partial charge in [0.25, 0.3) is 0 Å². The van der Waals surface area contributed by atoms with Gasteiger partial charge in [0.15, 0.2) is 0 Å². The Balaban J connectivity index is 1.64. The van der Waals surface area contributed by atoms with E-state index in [4.69, 9.17) is 9.60 Å². The van der Waals surface area contributed by atoms with Crippen LogP contribution in [0, 0.1) is 0 Å². The third-order valence-electron chi connectivity index (χ3n) is 4.72. The zero-order chi connectivity index (χ0) is 25.6. The van der Waals surface area contributed by atoms with E-state index in [1.54, 1.807) is 18.2 Å². The normalized spacial score (nSPS) is 14.1. The highest BCUT2D eigenvalue weighted by atomic mass is 14.9. The van der Waals surface area contributed by atoms with Crippen molar-refractivity contribution < 1.29 is 9.60 Å². The minimum Gasteiger partial charge on any atom is -0.355 e. The molecule has 1 N–H and O–H groups in total. The second kappa shape index (κ2) is 7.65. The van der Waals surface area contributed by atoms with E-state index in [9.17, 15) is 0 Å². The number of anilines is 2. The molecule has 0 aromatic heterocycles. The number of rotatable bonds is 4. The third kappa shape index (κ3) is 3.63. The monoisotopic (exact) mass is 378 g/mol. The van der Waals surface area contributed by atoms with Crippen LogP contribution in [0.4, 0.5) is 11.4 Å². The van der Waals surface area contributed by atoms with Crippen molar-refractivity contribution in [1.29, 1.82) is 0 Å². The Kier molecular flexibility index (Phi) is 2.96. The second-order valence-corrected chi connectivity index (χ2v) is 6.65. The maximum atomic E-state index is 8.58. The Bertz CT molecular complexity index is 1620. The van der Waals surface area contributed by atoms with Crippen molar-refractivity contribution in [2.24, 2.45) is 0 Å². The van der Waals surface area contributed by atoms with Gasteiger partial charge in [0.05, 0.1) is 9.60 Å². The Labute approximate surface area is 181 Å². The van der Waals surface area contributed by atoms with E-state index in [-0.39, 0.29) is 46.5 Å². The van der Waals surface area contributed by atoms with Crippen LogP contribution in [0.15, 0.2) is 121 Å². The molecule has 0 radical (unpaired) electrons.